The first kappa shape index (κ1) is 18.7. The van der Waals surface area contributed by atoms with Crippen LogP contribution in [0, 0.1) is 5.82 Å². The normalized spacial score (nSPS) is 22.3. The highest BCUT2D eigenvalue weighted by molar-refractivity contribution is 5.39. The number of hydrogen-bond acceptors (Lipinski definition) is 4. The lowest BCUT2D eigenvalue weighted by Gasteiger charge is -2.36. The van der Waals surface area contributed by atoms with E-state index in [1.807, 2.05) is 29.2 Å². The fraction of sp³-hybridized carbons (Fsp3) is 0.333. The highest BCUT2D eigenvalue weighted by atomic mass is 19.1. The minimum Gasteiger partial charge on any atom is -0.381 e. The van der Waals surface area contributed by atoms with Gasteiger partial charge in [0.25, 0.3) is 0 Å². The molecule has 3 N–H and O–H groups in total. The Balaban J connectivity index is 0.000000236. The molecule has 0 bridgehead atoms. The summed E-state index contributed by atoms with van der Waals surface area (Å²) in [7, 11) is 0. The molecule has 2 aliphatic rings. The number of fused-ring (bicyclic) bond motifs is 1. The Kier molecular flexibility index (Phi) is 6.52. The van der Waals surface area contributed by atoms with Gasteiger partial charge in [0.2, 0.25) is 0 Å². The number of ether oxygens (including phenoxy) is 1. The Hall–Kier alpha value is -2.05. The van der Waals surface area contributed by atoms with Crippen molar-refractivity contribution in [2.45, 2.75) is 25.1 Å². The van der Waals surface area contributed by atoms with Crippen molar-refractivity contribution in [3.63, 3.8) is 0 Å². The minimum absolute atomic E-state index is 0.00977. The molecule has 4 nitrogen and oxygen atoms in total. The third-order valence-electron chi connectivity index (χ3n) is 4.69. The van der Waals surface area contributed by atoms with Crippen LogP contribution in [0.3, 0.4) is 0 Å². The molecule has 0 aromatic heterocycles. The Morgan fingerprint density at radius 1 is 1.12 bits per heavy atom. The molecule has 4 rings (SSSR count). The summed E-state index contributed by atoms with van der Waals surface area (Å²) in [6.45, 7) is 1.51. The van der Waals surface area contributed by atoms with Crippen LogP contribution in [0.2, 0.25) is 0 Å². The molecule has 2 aromatic rings. The van der Waals surface area contributed by atoms with Gasteiger partial charge in [-0.2, -0.15) is 0 Å². The first-order chi connectivity index (χ1) is 12.7. The van der Waals surface area contributed by atoms with Gasteiger partial charge in [0, 0.05) is 13.0 Å². The molecule has 26 heavy (non-hydrogen) atoms. The standard InChI is InChI=1S/C16H16FNO.C5H9NO/c17-14-7-5-13(6-8-14)16-15-4-2-1-3-12(15)9-10-18(16)11-19;6-5-3-1-2-4-7-5/h1-8,16,19H,9-11H2;1-2,5H,3-4,6H2/t16-;5-/m00/s1. The van der Waals surface area contributed by atoms with E-state index in [1.54, 1.807) is 12.1 Å². The second kappa shape index (κ2) is 9.05. The quantitative estimate of drug-likeness (QED) is 0.813. The number of halogens is 1. The first-order valence-corrected chi connectivity index (χ1v) is 8.89. The molecule has 0 spiro atoms. The molecule has 2 aliphatic heterocycles. The van der Waals surface area contributed by atoms with Gasteiger partial charge in [-0.25, -0.2) is 4.39 Å². The summed E-state index contributed by atoms with van der Waals surface area (Å²) in [5.74, 6) is -0.233. The second-order valence-corrected chi connectivity index (χ2v) is 6.44. The Morgan fingerprint density at radius 3 is 2.50 bits per heavy atom. The predicted molar refractivity (Wildman–Crippen MR) is 99.9 cm³/mol. The molecule has 2 heterocycles. The van der Waals surface area contributed by atoms with Crippen LogP contribution < -0.4 is 5.73 Å². The highest BCUT2D eigenvalue weighted by Crippen LogP contribution is 2.34. The van der Waals surface area contributed by atoms with E-state index in [4.69, 9.17) is 10.5 Å². The fourth-order valence-corrected chi connectivity index (χ4v) is 3.35. The van der Waals surface area contributed by atoms with Gasteiger partial charge in [0.15, 0.2) is 0 Å². The maximum Gasteiger partial charge on any atom is 0.123 e. The number of rotatable bonds is 2. The molecule has 0 unspecified atom stereocenters. The van der Waals surface area contributed by atoms with E-state index >= 15 is 0 Å². The SMILES string of the molecule is N[C@@H]1CC=CCO1.OCN1CCc2ccccc2[C@@H]1c1ccc(F)cc1. The van der Waals surface area contributed by atoms with Gasteiger partial charge in [-0.15, -0.1) is 0 Å². The molecule has 5 heteroatoms. The third kappa shape index (κ3) is 4.56. The number of hydrogen-bond donors (Lipinski definition) is 2. The fourth-order valence-electron chi connectivity index (χ4n) is 3.35. The van der Waals surface area contributed by atoms with Gasteiger partial charge >= 0.3 is 0 Å². The van der Waals surface area contributed by atoms with Gasteiger partial charge in [-0.05, 0) is 35.2 Å². The van der Waals surface area contributed by atoms with Crippen LogP contribution in [0.5, 0.6) is 0 Å². The van der Waals surface area contributed by atoms with E-state index in [1.165, 1.54) is 23.3 Å². The van der Waals surface area contributed by atoms with Crippen LogP contribution in [-0.4, -0.2) is 36.1 Å². The molecule has 0 amide bonds. The van der Waals surface area contributed by atoms with Crippen molar-refractivity contribution in [1.82, 2.24) is 4.90 Å². The number of nitrogens with two attached hydrogens (primary N) is 1. The summed E-state index contributed by atoms with van der Waals surface area (Å²) < 4.78 is 18.0. The largest absolute Gasteiger partial charge is 0.381 e. The van der Waals surface area contributed by atoms with E-state index in [9.17, 15) is 9.50 Å². The highest BCUT2D eigenvalue weighted by Gasteiger charge is 2.27. The lowest BCUT2D eigenvalue weighted by molar-refractivity contribution is 0.0731. The van der Waals surface area contributed by atoms with Gasteiger partial charge in [0.05, 0.1) is 19.4 Å². The zero-order valence-corrected chi connectivity index (χ0v) is 14.7. The van der Waals surface area contributed by atoms with Crippen LogP contribution in [0.15, 0.2) is 60.7 Å². The smallest absolute Gasteiger partial charge is 0.123 e. The Bertz CT molecular complexity index is 733. The van der Waals surface area contributed by atoms with Crippen molar-refractivity contribution in [3.05, 3.63) is 83.2 Å². The maximum atomic E-state index is 13.1. The summed E-state index contributed by atoms with van der Waals surface area (Å²) in [6, 6.07) is 14.8. The van der Waals surface area contributed by atoms with Crippen LogP contribution in [0.25, 0.3) is 0 Å². The van der Waals surface area contributed by atoms with Crippen LogP contribution in [0.1, 0.15) is 29.2 Å². The molecule has 0 aliphatic carbocycles. The van der Waals surface area contributed by atoms with Crippen molar-refractivity contribution in [2.24, 2.45) is 5.73 Å². The lowest BCUT2D eigenvalue weighted by Crippen LogP contribution is -2.36. The maximum absolute atomic E-state index is 13.1. The first-order valence-electron chi connectivity index (χ1n) is 8.89. The summed E-state index contributed by atoms with van der Waals surface area (Å²) in [5, 5.41) is 9.55. The zero-order valence-electron chi connectivity index (χ0n) is 14.7. The van der Waals surface area contributed by atoms with E-state index < -0.39 is 0 Å². The van der Waals surface area contributed by atoms with Crippen molar-refractivity contribution in [2.75, 3.05) is 19.9 Å². The van der Waals surface area contributed by atoms with Crippen molar-refractivity contribution in [3.8, 4) is 0 Å². The van der Waals surface area contributed by atoms with Crippen LogP contribution in [-0.2, 0) is 11.2 Å². The molecule has 0 radical (unpaired) electrons. The molecule has 2 atom stereocenters. The Morgan fingerprint density at radius 2 is 1.88 bits per heavy atom. The summed E-state index contributed by atoms with van der Waals surface area (Å²) in [4.78, 5) is 2.01. The molecule has 2 aromatic carbocycles. The van der Waals surface area contributed by atoms with Gasteiger partial charge < -0.3 is 15.6 Å². The molecular weight excluding hydrogens is 331 g/mol. The monoisotopic (exact) mass is 356 g/mol. The van der Waals surface area contributed by atoms with Crippen molar-refractivity contribution < 1.29 is 14.2 Å². The van der Waals surface area contributed by atoms with E-state index in [0.717, 1.165) is 24.9 Å². The van der Waals surface area contributed by atoms with Crippen molar-refractivity contribution >= 4 is 0 Å². The van der Waals surface area contributed by atoms with E-state index in [2.05, 4.69) is 12.1 Å². The topological polar surface area (TPSA) is 58.7 Å². The number of nitrogens with zero attached hydrogens (tertiary/aromatic N) is 1. The van der Waals surface area contributed by atoms with Gasteiger partial charge in [-0.1, -0.05) is 48.6 Å². The average Bonchev–Trinajstić information content (AvgIpc) is 2.69. The lowest BCUT2D eigenvalue weighted by atomic mass is 9.88. The van der Waals surface area contributed by atoms with Gasteiger partial charge in [-0.3, -0.25) is 4.90 Å². The number of aliphatic hydroxyl groups excluding tert-OH is 1. The second-order valence-electron chi connectivity index (χ2n) is 6.44. The molecular formula is C21H25FN2O2. The summed E-state index contributed by atoms with van der Waals surface area (Å²) in [5.41, 5.74) is 8.89. The summed E-state index contributed by atoms with van der Waals surface area (Å²) >= 11 is 0. The van der Waals surface area contributed by atoms with E-state index in [0.29, 0.717) is 6.61 Å². The molecule has 0 saturated carbocycles. The number of benzene rings is 2. The predicted octanol–water partition coefficient (Wildman–Crippen LogP) is 2.97. The van der Waals surface area contributed by atoms with Crippen molar-refractivity contribution in [1.29, 1.82) is 0 Å². The van der Waals surface area contributed by atoms with E-state index in [-0.39, 0.29) is 24.8 Å². The minimum atomic E-state index is -0.233. The van der Waals surface area contributed by atoms with Crippen LogP contribution >= 0.6 is 0 Å². The van der Waals surface area contributed by atoms with Gasteiger partial charge in [0.1, 0.15) is 12.0 Å². The molecule has 0 saturated heterocycles. The molecule has 0 fully saturated rings. The zero-order chi connectivity index (χ0) is 18.4. The third-order valence-corrected chi connectivity index (χ3v) is 4.69. The summed E-state index contributed by atoms with van der Waals surface area (Å²) in [6.07, 6.45) is 5.76. The average molecular weight is 356 g/mol. The number of aliphatic hydroxyl groups is 1. The van der Waals surface area contributed by atoms with Crippen LogP contribution in [0.4, 0.5) is 4.39 Å². The molecule has 138 valence electrons. The Labute approximate surface area is 153 Å².